The Balaban J connectivity index is 1.03. The van der Waals surface area contributed by atoms with Gasteiger partial charge < -0.3 is 24.8 Å². The second-order valence-corrected chi connectivity index (χ2v) is 19.0. The van der Waals surface area contributed by atoms with Crippen LogP contribution in [0.15, 0.2) is 60.0 Å². The van der Waals surface area contributed by atoms with Crippen molar-refractivity contribution in [2.75, 3.05) is 52.4 Å². The van der Waals surface area contributed by atoms with E-state index in [0.717, 1.165) is 74.3 Å². The Hall–Kier alpha value is -3.28. The van der Waals surface area contributed by atoms with Crippen molar-refractivity contribution < 1.29 is 19.1 Å². The predicted octanol–water partition coefficient (Wildman–Crippen LogP) is 8.68. The quantitative estimate of drug-likeness (QED) is 0.154. The Kier molecular flexibility index (Phi) is 15.0. The highest BCUT2D eigenvalue weighted by molar-refractivity contribution is 7.09. The Labute approximate surface area is 355 Å². The van der Waals surface area contributed by atoms with E-state index in [0.29, 0.717) is 29.0 Å². The van der Waals surface area contributed by atoms with Gasteiger partial charge in [-0.05, 0) is 144 Å². The number of unbranched alkanes of at least 4 members (excludes halogenated alkanes) is 1. The summed E-state index contributed by atoms with van der Waals surface area (Å²) in [6.07, 6.45) is 12.7. The lowest BCUT2D eigenvalue weighted by Crippen LogP contribution is -2.63. The number of carbonyl (C=O) groups is 3. The molecule has 4 heterocycles. The number of thiophene rings is 1. The first-order chi connectivity index (χ1) is 28.2. The van der Waals surface area contributed by atoms with Gasteiger partial charge in [0.05, 0.1) is 17.6 Å². The number of ketones is 1. The maximum atomic E-state index is 14.9. The smallest absolute Gasteiger partial charge is 0.409 e. The number of hydrogen-bond acceptors (Lipinski definition) is 8. The lowest BCUT2D eigenvalue weighted by Gasteiger charge is -2.43. The zero-order valence-corrected chi connectivity index (χ0v) is 36.3. The molecule has 0 bridgehead atoms. The maximum Gasteiger partial charge on any atom is 0.415 e. The highest BCUT2D eigenvalue weighted by Crippen LogP contribution is 2.44. The molecule has 3 aromatic rings. The molecule has 1 spiro atoms. The molecule has 1 aromatic heterocycles. The van der Waals surface area contributed by atoms with Gasteiger partial charge in [-0.3, -0.25) is 14.5 Å². The molecule has 314 valence electrons. The number of piperidine rings is 1. The summed E-state index contributed by atoms with van der Waals surface area (Å²) in [4.78, 5) is 52.4. The van der Waals surface area contributed by atoms with Gasteiger partial charge >= 0.3 is 6.09 Å². The summed E-state index contributed by atoms with van der Waals surface area (Å²) in [6, 6.07) is 17.6. The van der Waals surface area contributed by atoms with E-state index in [2.05, 4.69) is 45.4 Å². The number of piperazine rings is 1. The second-order valence-electron chi connectivity index (χ2n) is 17.6. The maximum absolute atomic E-state index is 14.9. The molecule has 4 aliphatic rings. The van der Waals surface area contributed by atoms with Crippen LogP contribution in [0.1, 0.15) is 98.6 Å². The molecule has 9 nitrogen and oxygen atoms in total. The number of likely N-dealkylation sites (tertiary alicyclic amines) is 2. The summed E-state index contributed by atoms with van der Waals surface area (Å²) < 4.78 is 5.83. The number of halogens is 1. The number of aryl methyl sites for hydroxylation is 2. The summed E-state index contributed by atoms with van der Waals surface area (Å²) >= 11 is 8.22. The van der Waals surface area contributed by atoms with Crippen molar-refractivity contribution in [1.29, 1.82) is 0 Å². The number of amides is 2. The van der Waals surface area contributed by atoms with E-state index >= 15 is 0 Å². The van der Waals surface area contributed by atoms with Crippen LogP contribution >= 0.6 is 22.9 Å². The molecule has 1 N–H and O–H groups in total. The Morgan fingerprint density at radius 3 is 2.45 bits per heavy atom. The van der Waals surface area contributed by atoms with Crippen molar-refractivity contribution in [2.45, 2.75) is 122 Å². The summed E-state index contributed by atoms with van der Waals surface area (Å²) in [6.45, 7) is 11.2. The predicted molar refractivity (Wildman–Crippen MR) is 234 cm³/mol. The molecular formula is C47H64ClN5O4S. The van der Waals surface area contributed by atoms with Gasteiger partial charge in [0.15, 0.2) is 11.5 Å². The molecule has 1 aliphatic carbocycles. The van der Waals surface area contributed by atoms with Gasteiger partial charge in [0.1, 0.15) is 6.04 Å². The van der Waals surface area contributed by atoms with Gasteiger partial charge in [-0.15, -0.1) is 11.3 Å². The van der Waals surface area contributed by atoms with Gasteiger partial charge in [-0.1, -0.05) is 66.9 Å². The lowest BCUT2D eigenvalue weighted by atomic mass is 9.72. The fourth-order valence-corrected chi connectivity index (χ4v) is 10.7. The number of Topliss-reactive ketones (excluding diaryl/α,β-unsaturated/α-hetero) is 1. The zero-order chi connectivity index (χ0) is 40.5. The van der Waals surface area contributed by atoms with E-state index in [9.17, 15) is 14.4 Å². The van der Waals surface area contributed by atoms with Crippen molar-refractivity contribution in [3.63, 3.8) is 0 Å². The number of benzene rings is 2. The first kappa shape index (κ1) is 42.8. The van der Waals surface area contributed by atoms with Crippen LogP contribution in [0.3, 0.4) is 0 Å². The van der Waals surface area contributed by atoms with Crippen molar-refractivity contribution >= 4 is 40.7 Å². The van der Waals surface area contributed by atoms with Crippen molar-refractivity contribution in [1.82, 2.24) is 24.9 Å². The van der Waals surface area contributed by atoms with Crippen LogP contribution in [0, 0.1) is 19.3 Å². The minimum absolute atomic E-state index is 0.00661. The Morgan fingerprint density at radius 2 is 1.69 bits per heavy atom. The van der Waals surface area contributed by atoms with Gasteiger partial charge in [-0.2, -0.15) is 0 Å². The third-order valence-corrected chi connectivity index (χ3v) is 14.9. The molecule has 2 amide bonds. The van der Waals surface area contributed by atoms with E-state index in [4.69, 9.17) is 16.3 Å². The summed E-state index contributed by atoms with van der Waals surface area (Å²) in [7, 11) is 0. The monoisotopic (exact) mass is 829 g/mol. The van der Waals surface area contributed by atoms with Gasteiger partial charge in [0, 0.05) is 43.5 Å². The van der Waals surface area contributed by atoms with E-state index in [-0.39, 0.29) is 43.4 Å². The van der Waals surface area contributed by atoms with Gasteiger partial charge in [-0.25, -0.2) is 4.79 Å². The fourth-order valence-electron chi connectivity index (χ4n) is 9.79. The molecule has 2 aromatic carbocycles. The molecule has 11 heteroatoms. The highest BCUT2D eigenvalue weighted by atomic mass is 35.5. The van der Waals surface area contributed by atoms with Crippen LogP contribution in [0.25, 0.3) is 0 Å². The Bertz CT molecular complexity index is 1810. The molecule has 2 atom stereocenters. The highest BCUT2D eigenvalue weighted by Gasteiger charge is 2.43. The summed E-state index contributed by atoms with van der Waals surface area (Å²) in [5, 5.41) is 6.33. The molecule has 58 heavy (non-hydrogen) atoms. The molecule has 3 aliphatic heterocycles. The average molecular weight is 831 g/mol. The van der Waals surface area contributed by atoms with Crippen LogP contribution in [0.5, 0.6) is 5.75 Å². The normalized spacial score (nSPS) is 23.6. The Morgan fingerprint density at radius 1 is 0.897 bits per heavy atom. The van der Waals surface area contributed by atoms with Crippen LogP contribution < -0.4 is 10.1 Å². The van der Waals surface area contributed by atoms with E-state index in [1.807, 2.05) is 37.4 Å². The molecular weight excluding hydrogens is 766 g/mol. The minimum atomic E-state index is -0.745. The van der Waals surface area contributed by atoms with Crippen molar-refractivity contribution in [3.8, 4) is 5.75 Å². The molecule has 7 rings (SSSR count). The topological polar surface area (TPSA) is 85.4 Å². The number of nitrogens with one attached hydrogen (secondary N) is 1. The molecule has 0 unspecified atom stereocenters. The number of rotatable bonds is 15. The average Bonchev–Trinajstić information content (AvgIpc) is 3.92. The lowest BCUT2D eigenvalue weighted by molar-refractivity contribution is -0.144. The zero-order valence-electron chi connectivity index (χ0n) is 34.8. The minimum Gasteiger partial charge on any atom is -0.409 e. The van der Waals surface area contributed by atoms with E-state index in [1.54, 1.807) is 27.2 Å². The fraction of sp³-hybridized carbons (Fsp3) is 0.596. The first-order valence-corrected chi connectivity index (χ1v) is 23.2. The summed E-state index contributed by atoms with van der Waals surface area (Å²) in [5.41, 5.74) is 3.61. The van der Waals surface area contributed by atoms with E-state index in [1.165, 1.54) is 57.2 Å². The second kappa shape index (κ2) is 20.3. The number of ether oxygens (including phenoxy) is 1. The third-order valence-electron chi connectivity index (χ3n) is 13.5. The summed E-state index contributed by atoms with van der Waals surface area (Å²) in [5.74, 6) is 0.277. The number of nitrogens with zero attached hydrogens (tertiary/aromatic N) is 4. The van der Waals surface area contributed by atoms with Crippen molar-refractivity contribution in [3.05, 3.63) is 86.6 Å². The van der Waals surface area contributed by atoms with Crippen LogP contribution in [-0.2, 0) is 22.6 Å². The van der Waals surface area contributed by atoms with Gasteiger partial charge in [0.2, 0.25) is 5.91 Å². The van der Waals surface area contributed by atoms with E-state index < -0.39 is 12.1 Å². The van der Waals surface area contributed by atoms with Gasteiger partial charge in [0.25, 0.3) is 0 Å². The largest absolute Gasteiger partial charge is 0.415 e. The number of hydrogen-bond donors (Lipinski definition) is 1. The van der Waals surface area contributed by atoms with Crippen LogP contribution in [0.4, 0.5) is 4.79 Å². The standard InChI is InChI=1S/C47H64ClN5O4S/c1-35-16-19-43(44(48)36(35)2)57-46(56)52-29-30-53(41(33-52)42(54)18-17-39-14-11-31-58-39)45(55)40(15-7-10-27-50-25-8-4-9-26-50)49-38-20-22-47(23-21-38)24-28-51(34-47)32-37-12-5-3-6-13-37/h3,5-6,11-14,16,19,31,38,40-41,49H,4,7-10,15,17-18,20-30,32-34H2,1-2H3/t38?,40-,41+,47?/m1/s1. The van der Waals surface area contributed by atoms with Crippen LogP contribution in [0.2, 0.25) is 5.02 Å². The molecule has 1 saturated carbocycles. The molecule has 4 fully saturated rings. The first-order valence-electron chi connectivity index (χ1n) is 22.0. The molecule has 3 saturated heterocycles. The number of carbonyl (C=O) groups excluding carboxylic acids is 3. The van der Waals surface area contributed by atoms with Crippen molar-refractivity contribution in [2.24, 2.45) is 5.41 Å². The van der Waals surface area contributed by atoms with Crippen LogP contribution in [-0.4, -0.2) is 108 Å². The third kappa shape index (κ3) is 11.1. The molecule has 0 radical (unpaired) electrons. The SMILES string of the molecule is Cc1ccc(OC(=O)N2CCN(C(=O)[C@@H](CCCCN3CCCCC3)NC3CCC4(CC3)CCN(Cc3ccccc3)C4)[C@H](C(=O)CCc3cccs3)C2)c(Cl)c1C.